The van der Waals surface area contributed by atoms with E-state index in [4.69, 9.17) is 10.5 Å². The number of thioether (sulfide) groups is 1. The molecule has 16 heavy (non-hydrogen) atoms. The summed E-state index contributed by atoms with van der Waals surface area (Å²) in [6, 6.07) is 8.08. The first kappa shape index (κ1) is 13.4. The molecule has 0 spiro atoms. The number of hydrogen-bond donors (Lipinski definition) is 1. The van der Waals surface area contributed by atoms with Gasteiger partial charge in [0, 0.05) is 16.7 Å². The molecular weight excluding hydrogens is 218 g/mol. The Labute approximate surface area is 103 Å². The molecule has 0 saturated carbocycles. The highest BCUT2D eigenvalue weighted by Crippen LogP contribution is 2.38. The van der Waals surface area contributed by atoms with E-state index >= 15 is 0 Å². The third kappa shape index (κ3) is 3.42. The minimum Gasteiger partial charge on any atom is -0.496 e. The molecule has 0 aliphatic carbocycles. The number of ether oxygens (including phenoxy) is 1. The normalized spacial score (nSPS) is 13.6. The number of hydrogen-bond acceptors (Lipinski definition) is 3. The highest BCUT2D eigenvalue weighted by Gasteiger charge is 2.25. The van der Waals surface area contributed by atoms with E-state index in [0.717, 1.165) is 10.6 Å². The molecule has 1 aromatic rings. The van der Waals surface area contributed by atoms with Crippen molar-refractivity contribution in [1.29, 1.82) is 0 Å². The summed E-state index contributed by atoms with van der Waals surface area (Å²) < 4.78 is 5.34. The molecular formula is C13H21NOS. The van der Waals surface area contributed by atoms with Crippen LogP contribution >= 0.6 is 11.8 Å². The third-order valence-corrected chi connectivity index (χ3v) is 4.29. The van der Waals surface area contributed by atoms with E-state index in [1.165, 1.54) is 0 Å². The van der Waals surface area contributed by atoms with Crippen LogP contribution in [0.25, 0.3) is 0 Å². The predicted molar refractivity (Wildman–Crippen MR) is 71.1 cm³/mol. The Morgan fingerprint density at radius 1 is 1.31 bits per heavy atom. The van der Waals surface area contributed by atoms with Crippen molar-refractivity contribution in [3.8, 4) is 5.75 Å². The quantitative estimate of drug-likeness (QED) is 0.820. The van der Waals surface area contributed by atoms with Gasteiger partial charge in [-0.3, -0.25) is 0 Å². The molecule has 0 aliphatic heterocycles. The molecule has 0 amide bonds. The lowest BCUT2D eigenvalue weighted by Gasteiger charge is -2.29. The summed E-state index contributed by atoms with van der Waals surface area (Å²) in [4.78, 5) is 1.16. The number of methoxy groups -OCH3 is 1. The average molecular weight is 239 g/mol. The van der Waals surface area contributed by atoms with Gasteiger partial charge in [0.25, 0.3) is 0 Å². The van der Waals surface area contributed by atoms with Gasteiger partial charge in [0.15, 0.2) is 0 Å². The van der Waals surface area contributed by atoms with Crippen LogP contribution < -0.4 is 10.5 Å². The highest BCUT2D eigenvalue weighted by molar-refractivity contribution is 8.00. The topological polar surface area (TPSA) is 35.2 Å². The minimum absolute atomic E-state index is 0.195. The van der Waals surface area contributed by atoms with E-state index in [1.54, 1.807) is 18.9 Å². The molecule has 0 fully saturated rings. The largest absolute Gasteiger partial charge is 0.496 e. The van der Waals surface area contributed by atoms with Gasteiger partial charge in [0.05, 0.1) is 7.11 Å². The molecule has 3 heteroatoms. The first-order chi connectivity index (χ1) is 7.49. The maximum absolute atomic E-state index is 5.84. The van der Waals surface area contributed by atoms with E-state index in [9.17, 15) is 0 Å². The Morgan fingerprint density at radius 3 is 2.44 bits per heavy atom. The molecule has 90 valence electrons. The molecule has 0 heterocycles. The Bertz CT molecular complexity index is 333. The van der Waals surface area contributed by atoms with Crippen LogP contribution in [0.3, 0.4) is 0 Å². The van der Waals surface area contributed by atoms with Gasteiger partial charge in [0.2, 0.25) is 0 Å². The Kier molecular flexibility index (Phi) is 4.69. The highest BCUT2D eigenvalue weighted by atomic mass is 32.2. The maximum Gasteiger partial charge on any atom is 0.132 e. The van der Waals surface area contributed by atoms with Crippen molar-refractivity contribution in [2.45, 2.75) is 30.9 Å². The van der Waals surface area contributed by atoms with Crippen LogP contribution in [0.1, 0.15) is 20.8 Å². The van der Waals surface area contributed by atoms with Gasteiger partial charge >= 0.3 is 0 Å². The summed E-state index contributed by atoms with van der Waals surface area (Å²) in [6.07, 6.45) is 0. The first-order valence-electron chi connectivity index (χ1n) is 5.48. The molecule has 0 radical (unpaired) electrons. The standard InChI is InChI=1S/C13H21NOS/c1-13(2,3)12(9-14)16-11-8-6-5-7-10(11)15-4/h5-8,12H,9,14H2,1-4H3. The van der Waals surface area contributed by atoms with Gasteiger partial charge in [-0.25, -0.2) is 0 Å². The number of rotatable bonds is 4. The molecule has 2 nitrogen and oxygen atoms in total. The van der Waals surface area contributed by atoms with Gasteiger partial charge in [-0.2, -0.15) is 0 Å². The summed E-state index contributed by atoms with van der Waals surface area (Å²) >= 11 is 1.80. The van der Waals surface area contributed by atoms with Crippen molar-refractivity contribution in [2.24, 2.45) is 11.1 Å². The molecule has 1 aromatic carbocycles. The first-order valence-corrected chi connectivity index (χ1v) is 6.36. The molecule has 1 unspecified atom stereocenters. The summed E-state index contributed by atoms with van der Waals surface area (Å²) in [6.45, 7) is 7.32. The summed E-state index contributed by atoms with van der Waals surface area (Å²) in [7, 11) is 1.70. The van der Waals surface area contributed by atoms with Crippen LogP contribution in [-0.4, -0.2) is 18.9 Å². The zero-order valence-electron chi connectivity index (χ0n) is 10.5. The average Bonchev–Trinajstić information content (AvgIpc) is 2.24. The zero-order valence-corrected chi connectivity index (χ0v) is 11.3. The lowest BCUT2D eigenvalue weighted by molar-refractivity contribution is 0.393. The van der Waals surface area contributed by atoms with Gasteiger partial charge in [-0.15, -0.1) is 11.8 Å². The van der Waals surface area contributed by atoms with Crippen LogP contribution in [-0.2, 0) is 0 Å². The smallest absolute Gasteiger partial charge is 0.132 e. The lowest BCUT2D eigenvalue weighted by Crippen LogP contribution is -2.30. The van der Waals surface area contributed by atoms with E-state index in [1.807, 2.05) is 18.2 Å². The van der Waals surface area contributed by atoms with Crippen LogP contribution in [0.2, 0.25) is 0 Å². The summed E-state index contributed by atoms with van der Waals surface area (Å²) in [5.41, 5.74) is 6.03. The van der Waals surface area contributed by atoms with Gasteiger partial charge in [-0.1, -0.05) is 32.9 Å². The fourth-order valence-corrected chi connectivity index (χ4v) is 2.63. The number of nitrogens with two attached hydrogens (primary N) is 1. The van der Waals surface area contributed by atoms with Crippen LogP contribution in [0.15, 0.2) is 29.2 Å². The summed E-state index contributed by atoms with van der Waals surface area (Å²) in [5.74, 6) is 0.926. The van der Waals surface area contributed by atoms with Crippen molar-refractivity contribution in [3.05, 3.63) is 24.3 Å². The van der Waals surface area contributed by atoms with E-state index in [2.05, 4.69) is 26.8 Å². The van der Waals surface area contributed by atoms with Crippen LogP contribution in [0.4, 0.5) is 0 Å². The molecule has 0 saturated heterocycles. The fourth-order valence-electron chi connectivity index (χ4n) is 1.45. The van der Waals surface area contributed by atoms with Crippen molar-refractivity contribution in [2.75, 3.05) is 13.7 Å². The minimum atomic E-state index is 0.195. The monoisotopic (exact) mass is 239 g/mol. The second-order valence-electron chi connectivity index (χ2n) is 4.86. The van der Waals surface area contributed by atoms with Crippen molar-refractivity contribution in [3.63, 3.8) is 0 Å². The Balaban J connectivity index is 2.86. The Morgan fingerprint density at radius 2 is 1.94 bits per heavy atom. The fraction of sp³-hybridized carbons (Fsp3) is 0.538. The SMILES string of the molecule is COc1ccccc1SC(CN)C(C)(C)C. The second kappa shape index (κ2) is 5.60. The second-order valence-corrected chi connectivity index (χ2v) is 6.10. The van der Waals surface area contributed by atoms with Gasteiger partial charge in [-0.05, 0) is 17.5 Å². The molecule has 0 aromatic heterocycles. The zero-order chi connectivity index (χ0) is 12.2. The Hall–Kier alpha value is -0.670. The maximum atomic E-state index is 5.84. The number of para-hydroxylation sites is 1. The predicted octanol–water partition coefficient (Wildman–Crippen LogP) is 3.16. The van der Waals surface area contributed by atoms with E-state index < -0.39 is 0 Å². The molecule has 2 N–H and O–H groups in total. The molecule has 1 atom stereocenters. The molecule has 1 rings (SSSR count). The van der Waals surface area contributed by atoms with Crippen molar-refractivity contribution in [1.82, 2.24) is 0 Å². The summed E-state index contributed by atoms with van der Waals surface area (Å²) in [5, 5.41) is 0.392. The van der Waals surface area contributed by atoms with E-state index in [-0.39, 0.29) is 5.41 Å². The van der Waals surface area contributed by atoms with Crippen molar-refractivity contribution >= 4 is 11.8 Å². The lowest BCUT2D eigenvalue weighted by atomic mass is 9.92. The van der Waals surface area contributed by atoms with Crippen LogP contribution in [0.5, 0.6) is 5.75 Å². The molecule has 0 bridgehead atoms. The van der Waals surface area contributed by atoms with Crippen LogP contribution in [0, 0.1) is 5.41 Å². The molecule has 0 aliphatic rings. The van der Waals surface area contributed by atoms with Crippen molar-refractivity contribution < 1.29 is 4.74 Å². The van der Waals surface area contributed by atoms with E-state index in [0.29, 0.717) is 11.8 Å². The third-order valence-electron chi connectivity index (χ3n) is 2.52. The number of benzene rings is 1. The van der Waals surface area contributed by atoms with Gasteiger partial charge in [0.1, 0.15) is 5.75 Å². The van der Waals surface area contributed by atoms with Gasteiger partial charge < -0.3 is 10.5 Å².